The van der Waals surface area contributed by atoms with Gasteiger partial charge in [-0.05, 0) is 42.0 Å². The van der Waals surface area contributed by atoms with Crippen molar-refractivity contribution in [2.24, 2.45) is 5.73 Å². The molecule has 1 aromatic carbocycles. The van der Waals surface area contributed by atoms with Crippen LogP contribution >= 0.6 is 11.6 Å². The fraction of sp³-hybridized carbons (Fsp3) is 0.346. The van der Waals surface area contributed by atoms with E-state index in [1.165, 1.54) is 24.1 Å². The third kappa shape index (κ3) is 8.81. The molecule has 0 unspecified atom stereocenters. The number of hydrogen-bond donors (Lipinski definition) is 5. The van der Waals surface area contributed by atoms with Crippen LogP contribution in [0.15, 0.2) is 48.9 Å². The van der Waals surface area contributed by atoms with Crippen LogP contribution in [-0.2, 0) is 20.9 Å². The van der Waals surface area contributed by atoms with Gasteiger partial charge in [0, 0.05) is 44.0 Å². The Morgan fingerprint density at radius 3 is 2.77 bits per heavy atom. The van der Waals surface area contributed by atoms with Crippen molar-refractivity contribution < 1.29 is 28.6 Å². The van der Waals surface area contributed by atoms with Gasteiger partial charge in [-0.2, -0.15) is 0 Å². The lowest BCUT2D eigenvalue weighted by Gasteiger charge is -2.31. The van der Waals surface area contributed by atoms with Gasteiger partial charge in [-0.25, -0.2) is 19.6 Å². The number of nitrogens with one attached hydrogen (secondary N) is 3. The molecule has 0 aliphatic carbocycles. The summed E-state index contributed by atoms with van der Waals surface area (Å²) < 4.78 is 19.3. The Morgan fingerprint density at radius 1 is 1.23 bits per heavy atom. The summed E-state index contributed by atoms with van der Waals surface area (Å²) in [7, 11) is 0. The lowest BCUT2D eigenvalue weighted by molar-refractivity contribution is -0.136. The van der Waals surface area contributed by atoms with E-state index in [9.17, 15) is 18.8 Å². The number of benzene rings is 1. The number of aromatic nitrogens is 2. The predicted octanol–water partition coefficient (Wildman–Crippen LogP) is 2.11. The van der Waals surface area contributed by atoms with E-state index in [-0.39, 0.29) is 30.5 Å². The van der Waals surface area contributed by atoms with Gasteiger partial charge in [0.1, 0.15) is 24.3 Å². The minimum absolute atomic E-state index is 0.0246. The monoisotopic (exact) mass is 575 g/mol. The van der Waals surface area contributed by atoms with Crippen molar-refractivity contribution in [3.63, 3.8) is 0 Å². The molecule has 12 nitrogen and oxygen atoms in total. The van der Waals surface area contributed by atoms with Crippen LogP contribution in [0.4, 0.5) is 15.0 Å². The smallest absolute Gasteiger partial charge is 0.412 e. The van der Waals surface area contributed by atoms with Gasteiger partial charge >= 0.3 is 6.09 Å². The molecule has 2 aromatic heterocycles. The number of hydrogen-bond acceptors (Lipinski definition) is 9. The molecule has 0 saturated carbocycles. The molecule has 6 N–H and O–H groups in total. The molecule has 0 bridgehead atoms. The maximum atomic E-state index is 13.9. The molecule has 0 aliphatic rings. The second-order valence-corrected chi connectivity index (χ2v) is 9.21. The molecular formula is C26H31ClFN7O5. The maximum Gasteiger partial charge on any atom is 0.412 e. The zero-order valence-electron chi connectivity index (χ0n) is 21.8. The summed E-state index contributed by atoms with van der Waals surface area (Å²) in [4.78, 5) is 45.2. The van der Waals surface area contributed by atoms with Crippen LogP contribution in [0.25, 0.3) is 10.8 Å². The first-order valence-corrected chi connectivity index (χ1v) is 12.8. The molecule has 3 rings (SSSR count). The summed E-state index contributed by atoms with van der Waals surface area (Å²) in [5, 5.41) is 17.0. The zero-order valence-corrected chi connectivity index (χ0v) is 22.5. The molecule has 14 heteroatoms. The molecule has 0 saturated heterocycles. The van der Waals surface area contributed by atoms with Crippen molar-refractivity contribution in [1.29, 1.82) is 0 Å². The van der Waals surface area contributed by atoms with Gasteiger partial charge in [0.05, 0.1) is 17.7 Å². The van der Waals surface area contributed by atoms with Crippen LogP contribution in [0.5, 0.6) is 0 Å². The Kier molecular flexibility index (Phi) is 11.5. The van der Waals surface area contributed by atoms with E-state index >= 15 is 0 Å². The van der Waals surface area contributed by atoms with E-state index in [0.29, 0.717) is 18.4 Å². The summed E-state index contributed by atoms with van der Waals surface area (Å²) in [5.74, 6) is -1.24. The maximum absolute atomic E-state index is 13.9. The highest BCUT2D eigenvalue weighted by Crippen LogP contribution is 2.20. The summed E-state index contributed by atoms with van der Waals surface area (Å²) in [6.45, 7) is 0.842. The number of aliphatic hydroxyl groups is 1. The molecular weight excluding hydrogens is 545 g/mol. The van der Waals surface area contributed by atoms with Crippen molar-refractivity contribution in [2.75, 3.05) is 25.1 Å². The minimum atomic E-state index is -1.05. The Balaban J connectivity index is 1.66. The van der Waals surface area contributed by atoms with Crippen molar-refractivity contribution in [2.45, 2.75) is 38.4 Å². The number of anilines is 1. The van der Waals surface area contributed by atoms with Crippen molar-refractivity contribution >= 4 is 46.1 Å². The molecule has 40 heavy (non-hydrogen) atoms. The molecule has 0 spiro atoms. The first-order chi connectivity index (χ1) is 19.2. The highest BCUT2D eigenvalue weighted by molar-refractivity contribution is 6.31. The van der Waals surface area contributed by atoms with Crippen molar-refractivity contribution in [1.82, 2.24) is 25.7 Å². The second-order valence-electron chi connectivity index (χ2n) is 8.83. The Labute approximate surface area is 235 Å². The van der Waals surface area contributed by atoms with Gasteiger partial charge in [-0.1, -0.05) is 23.7 Å². The first kappa shape index (κ1) is 30.6. The van der Waals surface area contributed by atoms with Crippen LogP contribution in [0.3, 0.4) is 0 Å². The van der Waals surface area contributed by atoms with Crippen LogP contribution in [0.2, 0.25) is 5.02 Å². The van der Waals surface area contributed by atoms with Crippen LogP contribution in [0.1, 0.15) is 25.3 Å². The summed E-state index contributed by atoms with van der Waals surface area (Å²) >= 11 is 6.05. The Hall–Kier alpha value is -3.91. The number of nitrogens with zero attached hydrogens (tertiary/aromatic N) is 3. The highest BCUT2D eigenvalue weighted by atomic mass is 35.5. The third-order valence-corrected chi connectivity index (χ3v) is 6.30. The quantitative estimate of drug-likeness (QED) is 0.151. The van der Waals surface area contributed by atoms with E-state index < -0.39 is 42.4 Å². The SMILES string of the molecule is CC(=O)N(NCc1cccc(F)c1Cl)[C@@H](CCCNC(=O)[C@@H](N)CO)COC(=O)Nc1cc2ccncc2cn1. The second kappa shape index (κ2) is 15.0. The molecule has 0 fully saturated rings. The van der Waals surface area contributed by atoms with Crippen LogP contribution in [-0.4, -0.2) is 69.8 Å². The highest BCUT2D eigenvalue weighted by Gasteiger charge is 2.24. The number of fused-ring (bicyclic) bond motifs is 1. The molecule has 3 amide bonds. The number of halogens is 2. The van der Waals surface area contributed by atoms with Crippen LogP contribution < -0.4 is 21.8 Å². The van der Waals surface area contributed by atoms with Gasteiger partial charge in [0.25, 0.3) is 0 Å². The summed E-state index contributed by atoms with van der Waals surface area (Å²) in [6, 6.07) is 6.06. The Bertz CT molecular complexity index is 1330. The number of aliphatic hydroxyl groups excluding tert-OH is 1. The van der Waals surface area contributed by atoms with Crippen molar-refractivity contribution in [3.05, 3.63) is 65.3 Å². The lowest BCUT2D eigenvalue weighted by atomic mass is 10.1. The number of ether oxygens (including phenoxy) is 1. The van der Waals surface area contributed by atoms with E-state index in [2.05, 4.69) is 26.0 Å². The molecule has 0 aliphatic heterocycles. The number of rotatable bonds is 13. The standard InChI is InChI=1S/C26H31ClFN7O5/c1-16(37)35(33-13-18-4-2-6-21(28)24(18)27)20(5-3-8-31-25(38)22(29)14-36)15-40-26(39)34-23-10-17-7-9-30-11-19(17)12-32-23/h2,4,6-7,9-12,20,22,33,36H,3,5,8,13-15,29H2,1H3,(H,31,38)(H,32,34,39)/t20-,22-/m0/s1. The van der Waals surface area contributed by atoms with Crippen LogP contribution in [0, 0.1) is 5.82 Å². The molecule has 0 radical (unpaired) electrons. The van der Waals surface area contributed by atoms with Gasteiger partial charge in [0.2, 0.25) is 11.8 Å². The zero-order chi connectivity index (χ0) is 29.1. The fourth-order valence-electron chi connectivity index (χ4n) is 3.76. The third-order valence-electron chi connectivity index (χ3n) is 5.88. The Morgan fingerprint density at radius 2 is 2.02 bits per heavy atom. The normalized spacial score (nSPS) is 12.4. The number of nitrogens with two attached hydrogens (primary N) is 1. The van der Waals surface area contributed by atoms with E-state index in [0.717, 1.165) is 10.8 Å². The molecule has 3 aromatic rings. The van der Waals surface area contributed by atoms with Gasteiger partial charge < -0.3 is 20.9 Å². The van der Waals surface area contributed by atoms with E-state index in [1.54, 1.807) is 36.8 Å². The fourth-order valence-corrected chi connectivity index (χ4v) is 3.96. The van der Waals surface area contributed by atoms with Gasteiger partial charge in [-0.15, -0.1) is 0 Å². The lowest BCUT2D eigenvalue weighted by Crippen LogP contribution is -2.51. The molecule has 214 valence electrons. The summed E-state index contributed by atoms with van der Waals surface area (Å²) in [6.07, 6.45) is 4.73. The molecule has 2 atom stereocenters. The minimum Gasteiger partial charge on any atom is -0.447 e. The van der Waals surface area contributed by atoms with E-state index in [1.807, 2.05) is 0 Å². The van der Waals surface area contributed by atoms with Gasteiger partial charge in [-0.3, -0.25) is 24.9 Å². The largest absolute Gasteiger partial charge is 0.447 e. The number of amides is 3. The first-order valence-electron chi connectivity index (χ1n) is 12.4. The van der Waals surface area contributed by atoms with Crippen molar-refractivity contribution in [3.8, 4) is 0 Å². The van der Waals surface area contributed by atoms with Gasteiger partial charge in [0.15, 0.2) is 0 Å². The number of pyridine rings is 2. The molecule has 2 heterocycles. The topological polar surface area (TPSA) is 172 Å². The predicted molar refractivity (Wildman–Crippen MR) is 146 cm³/mol. The average molecular weight is 576 g/mol. The number of carbonyl (C=O) groups is 3. The average Bonchev–Trinajstić information content (AvgIpc) is 2.94. The summed E-state index contributed by atoms with van der Waals surface area (Å²) in [5.41, 5.74) is 8.86. The number of hydrazine groups is 1. The number of carbonyl (C=O) groups excluding carboxylic acids is 3. The van der Waals surface area contributed by atoms with E-state index in [4.69, 9.17) is 27.2 Å².